The number of ether oxygens (including phenoxy) is 1. The third kappa shape index (κ3) is 3.51. The molecule has 3 aromatic rings. The molecule has 0 saturated carbocycles. The molecule has 0 aliphatic heterocycles. The summed E-state index contributed by atoms with van der Waals surface area (Å²) in [6, 6.07) is 13.0. The summed E-state index contributed by atoms with van der Waals surface area (Å²) < 4.78 is 10.9. The average Bonchev–Trinajstić information content (AvgIpc) is 2.91. The third-order valence-electron chi connectivity index (χ3n) is 3.40. The Morgan fingerprint density at radius 1 is 1.22 bits per heavy atom. The Morgan fingerprint density at radius 3 is 2.74 bits per heavy atom. The summed E-state index contributed by atoms with van der Waals surface area (Å²) in [7, 11) is 0. The third-order valence-corrected chi connectivity index (χ3v) is 3.40. The zero-order valence-electron chi connectivity index (χ0n) is 13.1. The SMILES string of the molecule is CCOc1ccc(CC(=O)Nc2cccc3nc(C)oc23)cc1. The van der Waals surface area contributed by atoms with Crippen LogP contribution < -0.4 is 10.1 Å². The Labute approximate surface area is 134 Å². The molecule has 118 valence electrons. The van der Waals surface area contributed by atoms with Crippen LogP contribution in [0.1, 0.15) is 18.4 Å². The van der Waals surface area contributed by atoms with Crippen LogP contribution in [-0.2, 0) is 11.2 Å². The first kappa shape index (κ1) is 15.1. The van der Waals surface area contributed by atoms with Crippen molar-refractivity contribution in [3.05, 3.63) is 53.9 Å². The van der Waals surface area contributed by atoms with Crippen molar-refractivity contribution in [1.29, 1.82) is 0 Å². The molecule has 5 heteroatoms. The molecule has 1 aromatic heterocycles. The Hall–Kier alpha value is -2.82. The molecule has 0 radical (unpaired) electrons. The molecule has 0 saturated heterocycles. The van der Waals surface area contributed by atoms with Crippen LogP contribution in [0.25, 0.3) is 11.1 Å². The number of benzene rings is 2. The summed E-state index contributed by atoms with van der Waals surface area (Å²) in [4.78, 5) is 16.5. The molecule has 0 unspecified atom stereocenters. The van der Waals surface area contributed by atoms with Crippen LogP contribution in [0.15, 0.2) is 46.9 Å². The van der Waals surface area contributed by atoms with Gasteiger partial charge in [0.25, 0.3) is 0 Å². The lowest BCUT2D eigenvalue weighted by atomic mass is 10.1. The number of rotatable bonds is 5. The van der Waals surface area contributed by atoms with E-state index in [0.29, 0.717) is 23.8 Å². The number of hydrogen-bond donors (Lipinski definition) is 1. The molecule has 2 aromatic carbocycles. The number of carbonyl (C=O) groups is 1. The fourth-order valence-electron chi connectivity index (χ4n) is 2.41. The van der Waals surface area contributed by atoms with E-state index in [1.807, 2.05) is 49.4 Å². The van der Waals surface area contributed by atoms with Gasteiger partial charge in [0.1, 0.15) is 11.3 Å². The number of hydrogen-bond acceptors (Lipinski definition) is 4. The number of carbonyl (C=O) groups excluding carboxylic acids is 1. The standard InChI is InChI=1S/C18H18N2O3/c1-3-22-14-9-7-13(8-10-14)11-17(21)20-16-6-4-5-15-18(16)23-12(2)19-15/h4-10H,3,11H2,1-2H3,(H,20,21). The lowest BCUT2D eigenvalue weighted by Gasteiger charge is -2.07. The Kier molecular flexibility index (Phi) is 4.28. The Bertz CT molecular complexity index is 822. The minimum Gasteiger partial charge on any atom is -0.494 e. The Balaban J connectivity index is 1.71. The topological polar surface area (TPSA) is 64.4 Å². The lowest BCUT2D eigenvalue weighted by Crippen LogP contribution is -2.14. The largest absolute Gasteiger partial charge is 0.494 e. The van der Waals surface area contributed by atoms with E-state index in [4.69, 9.17) is 9.15 Å². The first-order valence-electron chi connectivity index (χ1n) is 7.53. The van der Waals surface area contributed by atoms with Gasteiger partial charge in [-0.05, 0) is 36.8 Å². The van der Waals surface area contributed by atoms with E-state index in [9.17, 15) is 4.79 Å². The second-order valence-electron chi connectivity index (χ2n) is 5.19. The molecular weight excluding hydrogens is 292 g/mol. The molecule has 0 spiro atoms. The van der Waals surface area contributed by atoms with Crippen LogP contribution in [0.5, 0.6) is 5.75 Å². The quantitative estimate of drug-likeness (QED) is 0.780. The van der Waals surface area contributed by atoms with Gasteiger partial charge in [0, 0.05) is 6.92 Å². The van der Waals surface area contributed by atoms with E-state index < -0.39 is 0 Å². The molecule has 0 atom stereocenters. The molecule has 0 fully saturated rings. The van der Waals surface area contributed by atoms with Crippen LogP contribution in [0.4, 0.5) is 5.69 Å². The van der Waals surface area contributed by atoms with Crippen LogP contribution in [-0.4, -0.2) is 17.5 Å². The number of nitrogens with one attached hydrogen (secondary N) is 1. The van der Waals surface area contributed by atoms with Crippen molar-refractivity contribution in [2.24, 2.45) is 0 Å². The molecule has 1 N–H and O–H groups in total. The van der Waals surface area contributed by atoms with Crippen molar-refractivity contribution in [3.8, 4) is 5.75 Å². The van der Waals surface area contributed by atoms with Crippen LogP contribution in [0.2, 0.25) is 0 Å². The predicted molar refractivity (Wildman–Crippen MR) is 88.7 cm³/mol. The van der Waals surface area contributed by atoms with E-state index in [0.717, 1.165) is 16.8 Å². The summed E-state index contributed by atoms with van der Waals surface area (Å²) in [5.74, 6) is 1.28. The highest BCUT2D eigenvalue weighted by atomic mass is 16.5. The first-order valence-corrected chi connectivity index (χ1v) is 7.53. The second-order valence-corrected chi connectivity index (χ2v) is 5.19. The van der Waals surface area contributed by atoms with E-state index in [1.165, 1.54) is 0 Å². The maximum Gasteiger partial charge on any atom is 0.228 e. The minimum atomic E-state index is -0.101. The summed E-state index contributed by atoms with van der Waals surface area (Å²) in [5.41, 5.74) is 2.90. The molecule has 1 heterocycles. The van der Waals surface area contributed by atoms with E-state index in [-0.39, 0.29) is 12.3 Å². The zero-order chi connectivity index (χ0) is 16.2. The van der Waals surface area contributed by atoms with Gasteiger partial charge in [0.15, 0.2) is 11.5 Å². The molecular formula is C18H18N2O3. The number of aromatic nitrogens is 1. The molecule has 3 rings (SSSR count). The monoisotopic (exact) mass is 310 g/mol. The molecule has 0 aliphatic rings. The van der Waals surface area contributed by atoms with Crippen molar-refractivity contribution >= 4 is 22.7 Å². The van der Waals surface area contributed by atoms with Crippen LogP contribution >= 0.6 is 0 Å². The van der Waals surface area contributed by atoms with Gasteiger partial charge in [-0.15, -0.1) is 0 Å². The molecule has 0 aliphatic carbocycles. The summed E-state index contributed by atoms with van der Waals surface area (Å²) in [5, 5.41) is 2.88. The highest BCUT2D eigenvalue weighted by Crippen LogP contribution is 2.24. The molecule has 23 heavy (non-hydrogen) atoms. The van der Waals surface area contributed by atoms with Gasteiger partial charge in [0.05, 0.1) is 18.7 Å². The van der Waals surface area contributed by atoms with Crippen LogP contribution in [0.3, 0.4) is 0 Å². The summed E-state index contributed by atoms with van der Waals surface area (Å²) in [6.07, 6.45) is 0.288. The first-order chi connectivity index (χ1) is 11.2. The number of nitrogens with zero attached hydrogens (tertiary/aromatic N) is 1. The van der Waals surface area contributed by atoms with Gasteiger partial charge in [-0.25, -0.2) is 4.98 Å². The number of para-hydroxylation sites is 1. The van der Waals surface area contributed by atoms with E-state index in [2.05, 4.69) is 10.3 Å². The molecule has 0 bridgehead atoms. The minimum absolute atomic E-state index is 0.101. The fourth-order valence-corrected chi connectivity index (χ4v) is 2.41. The predicted octanol–water partition coefficient (Wildman–Crippen LogP) is 3.72. The zero-order valence-corrected chi connectivity index (χ0v) is 13.1. The normalized spacial score (nSPS) is 10.7. The van der Waals surface area contributed by atoms with Crippen molar-refractivity contribution in [2.75, 3.05) is 11.9 Å². The number of amides is 1. The van der Waals surface area contributed by atoms with Crippen LogP contribution in [0, 0.1) is 6.92 Å². The number of anilines is 1. The number of fused-ring (bicyclic) bond motifs is 1. The maximum atomic E-state index is 12.2. The number of oxazole rings is 1. The van der Waals surface area contributed by atoms with Gasteiger partial charge >= 0.3 is 0 Å². The van der Waals surface area contributed by atoms with Gasteiger partial charge in [-0.3, -0.25) is 4.79 Å². The smallest absolute Gasteiger partial charge is 0.228 e. The maximum absolute atomic E-state index is 12.2. The van der Waals surface area contributed by atoms with E-state index >= 15 is 0 Å². The van der Waals surface area contributed by atoms with Gasteiger partial charge in [0.2, 0.25) is 5.91 Å². The second kappa shape index (κ2) is 6.52. The van der Waals surface area contributed by atoms with E-state index in [1.54, 1.807) is 6.92 Å². The highest BCUT2D eigenvalue weighted by Gasteiger charge is 2.11. The average molecular weight is 310 g/mol. The summed E-state index contributed by atoms with van der Waals surface area (Å²) in [6.45, 7) is 4.35. The van der Waals surface area contributed by atoms with Gasteiger partial charge < -0.3 is 14.5 Å². The van der Waals surface area contributed by atoms with Crippen molar-refractivity contribution in [3.63, 3.8) is 0 Å². The van der Waals surface area contributed by atoms with Crippen molar-refractivity contribution in [2.45, 2.75) is 20.3 Å². The Morgan fingerprint density at radius 2 is 2.00 bits per heavy atom. The van der Waals surface area contributed by atoms with Gasteiger partial charge in [-0.2, -0.15) is 0 Å². The molecule has 1 amide bonds. The molecule has 5 nitrogen and oxygen atoms in total. The lowest BCUT2D eigenvalue weighted by molar-refractivity contribution is -0.115. The summed E-state index contributed by atoms with van der Waals surface area (Å²) >= 11 is 0. The fraction of sp³-hybridized carbons (Fsp3) is 0.222. The number of aryl methyl sites for hydroxylation is 1. The van der Waals surface area contributed by atoms with Gasteiger partial charge in [-0.1, -0.05) is 18.2 Å². The van der Waals surface area contributed by atoms with Crippen molar-refractivity contribution in [1.82, 2.24) is 4.98 Å². The highest BCUT2D eigenvalue weighted by molar-refractivity contribution is 5.99. The van der Waals surface area contributed by atoms with Crippen molar-refractivity contribution < 1.29 is 13.9 Å².